The minimum atomic E-state index is -0.478. The first kappa shape index (κ1) is 24.6. The lowest BCUT2D eigenvalue weighted by Crippen LogP contribution is -2.37. The predicted octanol–water partition coefficient (Wildman–Crippen LogP) is 6.26. The van der Waals surface area contributed by atoms with E-state index < -0.39 is 6.04 Å². The molecule has 4 unspecified atom stereocenters. The summed E-state index contributed by atoms with van der Waals surface area (Å²) in [5, 5.41) is 3.44. The molecule has 0 amide bonds. The Morgan fingerprint density at radius 2 is 1.76 bits per heavy atom. The number of ether oxygens (including phenoxy) is 1. The number of nitrogens with zero attached hydrogens (tertiary/aromatic N) is 1. The molecule has 0 bridgehead atoms. The van der Waals surface area contributed by atoms with E-state index in [-0.39, 0.29) is 12.1 Å². The molecule has 34 heavy (non-hydrogen) atoms. The van der Waals surface area contributed by atoms with E-state index >= 15 is 0 Å². The van der Waals surface area contributed by atoms with Crippen LogP contribution < -0.4 is 5.32 Å². The fraction of sp³-hybridized carbons (Fsp3) is 0.414. The summed E-state index contributed by atoms with van der Waals surface area (Å²) in [6.45, 7) is 8.03. The number of thiophene rings is 1. The van der Waals surface area contributed by atoms with E-state index in [1.54, 1.807) is 11.3 Å². The number of carbonyl (C=O) groups is 1. The molecule has 0 saturated carbocycles. The number of likely N-dealkylation sites (tertiary alicyclic amines) is 1. The molecule has 0 aliphatic carbocycles. The number of esters is 1. The fourth-order valence-electron chi connectivity index (χ4n) is 4.92. The minimum absolute atomic E-state index is 0.141. The van der Waals surface area contributed by atoms with E-state index in [2.05, 4.69) is 66.5 Å². The van der Waals surface area contributed by atoms with Crippen LogP contribution in [0.1, 0.15) is 60.0 Å². The number of nitrogens with one attached hydrogen (secondary N) is 1. The van der Waals surface area contributed by atoms with Crippen LogP contribution in [0.15, 0.2) is 72.8 Å². The molecule has 4 rings (SSSR count). The second-order valence-corrected chi connectivity index (χ2v) is 10.8. The topological polar surface area (TPSA) is 41.6 Å². The molecule has 4 nitrogen and oxygen atoms in total. The minimum Gasteiger partial charge on any atom is -0.461 e. The third-order valence-corrected chi connectivity index (χ3v) is 7.73. The molecule has 1 aliphatic rings. The lowest BCUT2D eigenvalue weighted by atomic mass is 10.1. The Balaban J connectivity index is 1.38. The second-order valence-electron chi connectivity index (χ2n) is 9.46. The van der Waals surface area contributed by atoms with Gasteiger partial charge in [0.25, 0.3) is 0 Å². The summed E-state index contributed by atoms with van der Waals surface area (Å²) in [5.41, 5.74) is 2.27. The molecule has 2 heterocycles. The molecule has 1 N–H and O–H groups in total. The zero-order valence-corrected chi connectivity index (χ0v) is 21.3. The van der Waals surface area contributed by atoms with Gasteiger partial charge in [-0.15, -0.1) is 11.3 Å². The summed E-state index contributed by atoms with van der Waals surface area (Å²) < 4.78 is 6.03. The molecule has 1 aromatic heterocycles. The maximum absolute atomic E-state index is 13.3. The third-order valence-electron chi connectivity index (χ3n) is 6.73. The Labute approximate surface area is 208 Å². The van der Waals surface area contributed by atoms with Gasteiger partial charge >= 0.3 is 5.97 Å². The Kier molecular flexibility index (Phi) is 8.54. The van der Waals surface area contributed by atoms with Crippen molar-refractivity contribution in [1.29, 1.82) is 0 Å². The number of hydrogen-bond donors (Lipinski definition) is 1. The summed E-state index contributed by atoms with van der Waals surface area (Å²) in [5.74, 6) is -0.201. The highest BCUT2D eigenvalue weighted by atomic mass is 32.1. The molecular weight excluding hydrogens is 440 g/mol. The molecule has 180 valence electrons. The van der Waals surface area contributed by atoms with Gasteiger partial charge in [-0.1, -0.05) is 60.7 Å². The van der Waals surface area contributed by atoms with Gasteiger partial charge < -0.3 is 4.74 Å². The summed E-state index contributed by atoms with van der Waals surface area (Å²) >= 11 is 1.75. The molecule has 1 saturated heterocycles. The van der Waals surface area contributed by atoms with Crippen LogP contribution >= 0.6 is 11.3 Å². The van der Waals surface area contributed by atoms with Gasteiger partial charge in [0.1, 0.15) is 12.1 Å². The van der Waals surface area contributed by atoms with Gasteiger partial charge in [0, 0.05) is 34.9 Å². The van der Waals surface area contributed by atoms with Crippen molar-refractivity contribution in [2.45, 2.75) is 77.4 Å². The van der Waals surface area contributed by atoms with Crippen molar-refractivity contribution < 1.29 is 9.53 Å². The zero-order chi connectivity index (χ0) is 23.9. The first-order valence-corrected chi connectivity index (χ1v) is 13.1. The van der Waals surface area contributed by atoms with E-state index in [0.717, 1.165) is 24.9 Å². The number of aryl methyl sites for hydroxylation is 1. The van der Waals surface area contributed by atoms with Crippen LogP contribution in [0.25, 0.3) is 0 Å². The number of benzene rings is 2. The highest BCUT2D eigenvalue weighted by Gasteiger charge is 2.33. The first-order chi connectivity index (χ1) is 16.5. The van der Waals surface area contributed by atoms with Crippen LogP contribution in [-0.2, 0) is 22.6 Å². The first-order valence-electron chi connectivity index (χ1n) is 12.3. The van der Waals surface area contributed by atoms with E-state index in [1.165, 1.54) is 21.7 Å². The average molecular weight is 477 g/mol. The molecule has 5 heteroatoms. The Morgan fingerprint density at radius 3 is 2.44 bits per heavy atom. The molecule has 1 fully saturated rings. The fourth-order valence-corrected chi connectivity index (χ4v) is 5.76. The van der Waals surface area contributed by atoms with Crippen molar-refractivity contribution in [3.8, 4) is 0 Å². The molecule has 0 spiro atoms. The van der Waals surface area contributed by atoms with Crippen LogP contribution in [0.4, 0.5) is 0 Å². The molecule has 3 aromatic rings. The highest BCUT2D eigenvalue weighted by Crippen LogP contribution is 2.30. The van der Waals surface area contributed by atoms with Gasteiger partial charge in [0.15, 0.2) is 0 Å². The Morgan fingerprint density at radius 1 is 1.06 bits per heavy atom. The monoisotopic (exact) mass is 476 g/mol. The normalized spacial score (nSPS) is 20.2. The van der Waals surface area contributed by atoms with Crippen LogP contribution in [0.3, 0.4) is 0 Å². The van der Waals surface area contributed by atoms with E-state index in [4.69, 9.17) is 4.74 Å². The van der Waals surface area contributed by atoms with Gasteiger partial charge in [-0.2, -0.15) is 0 Å². The van der Waals surface area contributed by atoms with Crippen molar-refractivity contribution >= 4 is 17.3 Å². The van der Waals surface area contributed by atoms with Gasteiger partial charge in [-0.3, -0.25) is 10.2 Å². The van der Waals surface area contributed by atoms with Crippen LogP contribution in [0.2, 0.25) is 0 Å². The predicted molar refractivity (Wildman–Crippen MR) is 140 cm³/mol. The summed E-state index contributed by atoms with van der Waals surface area (Å²) in [6.07, 6.45) is 3.05. The van der Waals surface area contributed by atoms with Crippen molar-refractivity contribution in [3.63, 3.8) is 0 Å². The molecule has 4 atom stereocenters. The lowest BCUT2D eigenvalue weighted by molar-refractivity contribution is -0.152. The van der Waals surface area contributed by atoms with Gasteiger partial charge in [-0.25, -0.2) is 4.79 Å². The quantitative estimate of drug-likeness (QED) is 0.351. The van der Waals surface area contributed by atoms with Crippen molar-refractivity contribution in [3.05, 3.63) is 93.7 Å². The van der Waals surface area contributed by atoms with E-state index in [0.29, 0.717) is 18.6 Å². The lowest BCUT2D eigenvalue weighted by Gasteiger charge is -2.30. The number of hydrogen-bond acceptors (Lipinski definition) is 5. The van der Waals surface area contributed by atoms with E-state index in [1.807, 2.05) is 37.3 Å². The Hall–Kier alpha value is -2.47. The number of carbonyl (C=O) groups excluding carboxylic acids is 1. The van der Waals surface area contributed by atoms with Crippen molar-refractivity contribution in [2.75, 3.05) is 0 Å². The maximum Gasteiger partial charge on any atom is 0.328 e. The molecular formula is C29H36N2O2S. The van der Waals surface area contributed by atoms with E-state index in [9.17, 15) is 4.79 Å². The van der Waals surface area contributed by atoms with Gasteiger partial charge in [-0.05, 0) is 63.3 Å². The van der Waals surface area contributed by atoms with Crippen molar-refractivity contribution in [2.24, 2.45) is 0 Å². The summed E-state index contributed by atoms with van der Waals surface area (Å²) in [6, 6.07) is 25.3. The van der Waals surface area contributed by atoms with Crippen molar-refractivity contribution in [1.82, 2.24) is 10.2 Å². The molecule has 2 aromatic carbocycles. The summed E-state index contributed by atoms with van der Waals surface area (Å²) in [7, 11) is 0. The Bertz CT molecular complexity index is 1040. The van der Waals surface area contributed by atoms with Gasteiger partial charge in [0.2, 0.25) is 0 Å². The maximum atomic E-state index is 13.3. The third kappa shape index (κ3) is 6.56. The SMILES string of the molecule is Cc1ccc(CNC(C(=O)OC(C)CC2CCC(C)N2Cc2ccccc2)c2ccccc2)s1. The summed E-state index contributed by atoms with van der Waals surface area (Å²) in [4.78, 5) is 18.4. The standard InChI is InChI=1S/C29H36N2O2S/c1-21-14-16-26(31(21)20-24-10-6-4-7-11-24)18-22(2)33-29(32)28(25-12-8-5-9-13-25)30-19-27-17-15-23(3)34-27/h4-13,15,17,21-22,26,28,30H,14,16,18-20H2,1-3H3. The van der Waals surface area contributed by atoms with Crippen LogP contribution in [-0.4, -0.2) is 29.1 Å². The highest BCUT2D eigenvalue weighted by molar-refractivity contribution is 7.11. The molecule has 0 radical (unpaired) electrons. The molecule has 1 aliphatic heterocycles. The van der Waals surface area contributed by atoms with Crippen LogP contribution in [0, 0.1) is 6.92 Å². The smallest absolute Gasteiger partial charge is 0.328 e. The van der Waals surface area contributed by atoms with Gasteiger partial charge in [0.05, 0.1) is 0 Å². The average Bonchev–Trinajstić information content (AvgIpc) is 3.40. The second kappa shape index (κ2) is 11.8. The largest absolute Gasteiger partial charge is 0.461 e. The van der Waals surface area contributed by atoms with Crippen LogP contribution in [0.5, 0.6) is 0 Å². The number of rotatable bonds is 10. The zero-order valence-electron chi connectivity index (χ0n) is 20.4.